The van der Waals surface area contributed by atoms with Gasteiger partial charge in [0.1, 0.15) is 11.5 Å². The quantitative estimate of drug-likeness (QED) is 0.146. The van der Waals surface area contributed by atoms with Crippen molar-refractivity contribution in [1.29, 1.82) is 0 Å². The predicted molar refractivity (Wildman–Crippen MR) is 145 cm³/mol. The molecule has 2 aromatic rings. The Morgan fingerprint density at radius 1 is 0.629 bits per heavy atom. The van der Waals surface area contributed by atoms with Crippen LogP contribution in [0.25, 0.3) is 11.1 Å². The Labute approximate surface area is 213 Å². The SMILES string of the molecule is CCCCCCCCCOc1cccc(OCCCCCCCCS(=O)(=O)O)c1-c1ccccc1. The minimum absolute atomic E-state index is 0.143. The van der Waals surface area contributed by atoms with E-state index >= 15 is 0 Å². The predicted octanol–water partition coefficient (Wildman–Crippen LogP) is 8.09. The van der Waals surface area contributed by atoms with Gasteiger partial charge in [-0.2, -0.15) is 8.42 Å². The van der Waals surface area contributed by atoms with Crippen LogP contribution in [0.15, 0.2) is 48.5 Å². The van der Waals surface area contributed by atoms with E-state index in [9.17, 15) is 8.42 Å². The molecule has 0 heterocycles. The summed E-state index contributed by atoms with van der Waals surface area (Å²) in [4.78, 5) is 0. The van der Waals surface area contributed by atoms with Crippen molar-refractivity contribution in [3.63, 3.8) is 0 Å². The van der Waals surface area contributed by atoms with Crippen molar-refractivity contribution in [1.82, 2.24) is 0 Å². The van der Waals surface area contributed by atoms with E-state index in [-0.39, 0.29) is 5.75 Å². The Kier molecular flexibility index (Phi) is 14.5. The van der Waals surface area contributed by atoms with Crippen molar-refractivity contribution in [2.75, 3.05) is 19.0 Å². The smallest absolute Gasteiger partial charge is 0.264 e. The normalized spacial score (nSPS) is 11.5. The summed E-state index contributed by atoms with van der Waals surface area (Å²) in [6, 6.07) is 16.3. The van der Waals surface area contributed by atoms with E-state index in [0.29, 0.717) is 19.6 Å². The van der Waals surface area contributed by atoms with Crippen molar-refractivity contribution in [2.24, 2.45) is 0 Å². The van der Waals surface area contributed by atoms with Gasteiger partial charge in [-0.25, -0.2) is 0 Å². The topological polar surface area (TPSA) is 72.8 Å². The third-order valence-electron chi connectivity index (χ3n) is 6.11. The maximum Gasteiger partial charge on any atom is 0.264 e. The molecule has 0 bridgehead atoms. The van der Waals surface area contributed by atoms with Crippen molar-refractivity contribution >= 4 is 10.1 Å². The van der Waals surface area contributed by atoms with Crippen molar-refractivity contribution in [3.05, 3.63) is 48.5 Å². The number of benzene rings is 2. The van der Waals surface area contributed by atoms with Gasteiger partial charge in [-0.1, -0.05) is 108 Å². The zero-order valence-corrected chi connectivity index (χ0v) is 22.2. The molecule has 196 valence electrons. The molecule has 0 fully saturated rings. The standard InChI is InChI=1S/C29H44O5S/c1-2-3-4-5-6-9-15-23-33-27-21-18-22-28(29(27)26-19-13-12-14-20-26)34-24-16-10-7-8-11-17-25-35(30,31)32/h12-14,18-22H,2-11,15-17,23-25H2,1H3,(H,30,31,32). The molecule has 2 aromatic carbocycles. The maximum atomic E-state index is 10.8. The molecule has 0 aliphatic rings. The summed E-state index contributed by atoms with van der Waals surface area (Å²) in [6.45, 7) is 3.59. The fourth-order valence-electron chi connectivity index (χ4n) is 4.16. The first-order valence-corrected chi connectivity index (χ1v) is 15.0. The van der Waals surface area contributed by atoms with Crippen LogP contribution < -0.4 is 9.47 Å². The van der Waals surface area contributed by atoms with Gasteiger partial charge in [0.25, 0.3) is 10.1 Å². The highest BCUT2D eigenvalue weighted by Crippen LogP contribution is 2.38. The second kappa shape index (κ2) is 17.4. The van der Waals surface area contributed by atoms with Gasteiger partial charge < -0.3 is 9.47 Å². The van der Waals surface area contributed by atoms with E-state index in [1.807, 2.05) is 36.4 Å². The van der Waals surface area contributed by atoms with Crippen molar-refractivity contribution in [3.8, 4) is 22.6 Å². The van der Waals surface area contributed by atoms with Crippen LogP contribution >= 0.6 is 0 Å². The first-order chi connectivity index (χ1) is 17.0. The molecule has 0 aliphatic heterocycles. The molecule has 0 saturated carbocycles. The second-order valence-electron chi connectivity index (χ2n) is 9.22. The van der Waals surface area contributed by atoms with Crippen molar-refractivity contribution < 1.29 is 22.4 Å². The molecule has 2 rings (SSSR count). The first kappa shape index (κ1) is 29.2. The van der Waals surface area contributed by atoms with E-state index in [1.165, 1.54) is 38.5 Å². The van der Waals surface area contributed by atoms with E-state index < -0.39 is 10.1 Å². The van der Waals surface area contributed by atoms with E-state index in [0.717, 1.165) is 61.2 Å². The minimum Gasteiger partial charge on any atom is -0.493 e. The van der Waals surface area contributed by atoms with Crippen LogP contribution in [0.5, 0.6) is 11.5 Å². The fourth-order valence-corrected chi connectivity index (χ4v) is 4.73. The van der Waals surface area contributed by atoms with Gasteiger partial charge in [0, 0.05) is 0 Å². The Morgan fingerprint density at radius 3 is 1.63 bits per heavy atom. The summed E-state index contributed by atoms with van der Waals surface area (Å²) < 4.78 is 42.7. The van der Waals surface area contributed by atoms with Gasteiger partial charge in [0.05, 0.1) is 24.5 Å². The van der Waals surface area contributed by atoms with Crippen LogP contribution in [0.2, 0.25) is 0 Å². The first-order valence-electron chi connectivity index (χ1n) is 13.4. The lowest BCUT2D eigenvalue weighted by Crippen LogP contribution is -2.03. The molecule has 35 heavy (non-hydrogen) atoms. The number of unbranched alkanes of at least 4 members (excludes halogenated alkanes) is 11. The van der Waals surface area contributed by atoms with Gasteiger partial charge in [0.15, 0.2) is 0 Å². The summed E-state index contributed by atoms with van der Waals surface area (Å²) in [5, 5.41) is 0. The summed E-state index contributed by atoms with van der Waals surface area (Å²) in [7, 11) is -3.83. The largest absolute Gasteiger partial charge is 0.493 e. The van der Waals surface area contributed by atoms with Crippen LogP contribution in [0, 0.1) is 0 Å². The van der Waals surface area contributed by atoms with Crippen LogP contribution in [-0.4, -0.2) is 31.9 Å². The molecule has 0 saturated heterocycles. The summed E-state index contributed by atoms with van der Waals surface area (Å²) in [5.41, 5.74) is 2.11. The zero-order chi connectivity index (χ0) is 25.2. The molecule has 0 amide bonds. The average molecular weight is 505 g/mol. The second-order valence-corrected chi connectivity index (χ2v) is 10.8. The lowest BCUT2D eigenvalue weighted by molar-refractivity contribution is 0.292. The van der Waals surface area contributed by atoms with Crippen LogP contribution in [0.4, 0.5) is 0 Å². The van der Waals surface area contributed by atoms with Gasteiger partial charge in [-0.05, 0) is 37.0 Å². The third kappa shape index (κ3) is 13.0. The molecule has 0 radical (unpaired) electrons. The minimum atomic E-state index is -3.83. The molecule has 6 heteroatoms. The molecule has 0 atom stereocenters. The van der Waals surface area contributed by atoms with Crippen molar-refractivity contribution in [2.45, 2.75) is 90.4 Å². The van der Waals surface area contributed by atoms with E-state index in [4.69, 9.17) is 14.0 Å². The fraction of sp³-hybridized carbons (Fsp3) is 0.586. The van der Waals surface area contributed by atoms with Gasteiger partial charge in [-0.3, -0.25) is 4.55 Å². The zero-order valence-electron chi connectivity index (χ0n) is 21.4. The number of ether oxygens (including phenoxy) is 2. The lowest BCUT2D eigenvalue weighted by atomic mass is 10.0. The summed E-state index contributed by atoms with van der Waals surface area (Å²) in [5.74, 6) is 1.58. The van der Waals surface area contributed by atoms with Crippen LogP contribution in [0.3, 0.4) is 0 Å². The molecular weight excluding hydrogens is 460 g/mol. The molecule has 0 unspecified atom stereocenters. The molecular formula is C29H44O5S. The van der Waals surface area contributed by atoms with Crippen LogP contribution in [0.1, 0.15) is 90.4 Å². The number of hydrogen-bond acceptors (Lipinski definition) is 4. The van der Waals surface area contributed by atoms with E-state index in [1.54, 1.807) is 0 Å². The Bertz CT molecular complexity index is 912. The highest BCUT2D eigenvalue weighted by Gasteiger charge is 2.13. The maximum absolute atomic E-state index is 10.8. The Morgan fingerprint density at radius 2 is 1.11 bits per heavy atom. The molecule has 5 nitrogen and oxygen atoms in total. The monoisotopic (exact) mass is 504 g/mol. The summed E-state index contributed by atoms with van der Waals surface area (Å²) in [6.07, 6.45) is 14.1. The Hall–Kier alpha value is -2.05. The lowest BCUT2D eigenvalue weighted by Gasteiger charge is -2.17. The molecule has 0 aliphatic carbocycles. The Balaban J connectivity index is 1.81. The van der Waals surface area contributed by atoms with Gasteiger partial charge in [0.2, 0.25) is 0 Å². The molecule has 0 spiro atoms. The third-order valence-corrected chi connectivity index (χ3v) is 6.91. The summed E-state index contributed by atoms with van der Waals surface area (Å²) >= 11 is 0. The van der Waals surface area contributed by atoms with Crippen LogP contribution in [-0.2, 0) is 10.1 Å². The van der Waals surface area contributed by atoms with Gasteiger partial charge >= 0.3 is 0 Å². The highest BCUT2D eigenvalue weighted by molar-refractivity contribution is 7.85. The van der Waals surface area contributed by atoms with E-state index in [2.05, 4.69) is 19.1 Å². The molecule has 0 aromatic heterocycles. The average Bonchev–Trinajstić information content (AvgIpc) is 2.84. The van der Waals surface area contributed by atoms with Gasteiger partial charge in [-0.15, -0.1) is 0 Å². The number of hydrogen-bond donors (Lipinski definition) is 1. The highest BCUT2D eigenvalue weighted by atomic mass is 32.2. The molecule has 1 N–H and O–H groups in total. The number of rotatable bonds is 20.